The Labute approximate surface area is 88.3 Å². The summed E-state index contributed by atoms with van der Waals surface area (Å²) in [5.74, 6) is -0.932. The Hall–Kier alpha value is -0.940. The van der Waals surface area contributed by atoms with Gasteiger partial charge in [0, 0.05) is 12.1 Å². The normalized spacial score (nSPS) is 38.1. The van der Waals surface area contributed by atoms with Crippen molar-refractivity contribution < 1.29 is 19.1 Å². The van der Waals surface area contributed by atoms with E-state index < -0.39 is 11.9 Å². The summed E-state index contributed by atoms with van der Waals surface area (Å²) in [6.07, 6.45) is 0.880. The van der Waals surface area contributed by atoms with Crippen molar-refractivity contribution in [3.05, 3.63) is 0 Å². The number of nitrogens with zero attached hydrogens (tertiary/aromatic N) is 1. The molecule has 0 spiro atoms. The van der Waals surface area contributed by atoms with Crippen molar-refractivity contribution in [3.8, 4) is 0 Å². The van der Waals surface area contributed by atoms with Crippen molar-refractivity contribution in [3.63, 3.8) is 0 Å². The predicted molar refractivity (Wildman–Crippen MR) is 51.1 cm³/mol. The summed E-state index contributed by atoms with van der Waals surface area (Å²) in [5, 5.41) is 0. The number of morpholine rings is 1. The van der Waals surface area contributed by atoms with Crippen LogP contribution >= 0.6 is 0 Å². The lowest BCUT2D eigenvalue weighted by atomic mass is 9.92. The molecule has 0 bridgehead atoms. The molecular formula is C10H15NO4. The van der Waals surface area contributed by atoms with Crippen molar-refractivity contribution in [2.45, 2.75) is 31.9 Å². The summed E-state index contributed by atoms with van der Waals surface area (Å²) >= 11 is 0. The van der Waals surface area contributed by atoms with E-state index in [4.69, 9.17) is 4.74 Å². The zero-order valence-corrected chi connectivity index (χ0v) is 8.99. The molecule has 5 nitrogen and oxygen atoms in total. The van der Waals surface area contributed by atoms with Crippen LogP contribution in [0.25, 0.3) is 0 Å². The maximum Gasteiger partial charge on any atom is 0.327 e. The molecular weight excluding hydrogens is 198 g/mol. The Balaban J connectivity index is 2.15. The predicted octanol–water partition coefficient (Wildman–Crippen LogP) is -0.0607. The highest BCUT2D eigenvalue weighted by Crippen LogP contribution is 2.32. The van der Waals surface area contributed by atoms with Crippen LogP contribution in [-0.4, -0.2) is 48.2 Å². The van der Waals surface area contributed by atoms with Gasteiger partial charge in [-0.3, -0.25) is 14.5 Å². The summed E-state index contributed by atoms with van der Waals surface area (Å²) in [7, 11) is 0. The second-order valence-corrected chi connectivity index (χ2v) is 4.32. The lowest BCUT2D eigenvalue weighted by Gasteiger charge is -2.40. The molecule has 0 saturated carbocycles. The minimum absolute atomic E-state index is 0.0381. The van der Waals surface area contributed by atoms with Gasteiger partial charge in [-0.1, -0.05) is 0 Å². The van der Waals surface area contributed by atoms with E-state index in [0.717, 1.165) is 6.42 Å². The first-order valence-electron chi connectivity index (χ1n) is 5.12. The first-order chi connectivity index (χ1) is 7.02. The Kier molecular flexibility index (Phi) is 2.52. The van der Waals surface area contributed by atoms with Crippen molar-refractivity contribution in [2.75, 3.05) is 19.7 Å². The molecule has 5 heteroatoms. The molecule has 0 amide bonds. The number of hydrogen-bond acceptors (Lipinski definition) is 5. The van der Waals surface area contributed by atoms with Gasteiger partial charge in [0.1, 0.15) is 0 Å². The van der Waals surface area contributed by atoms with Crippen molar-refractivity contribution >= 4 is 11.9 Å². The number of carbonyl (C=O) groups is 2. The molecule has 0 aliphatic carbocycles. The molecule has 2 saturated heterocycles. The van der Waals surface area contributed by atoms with Crippen LogP contribution in [0, 0.1) is 0 Å². The van der Waals surface area contributed by atoms with Crippen molar-refractivity contribution in [1.29, 1.82) is 0 Å². The average Bonchev–Trinajstić information content (AvgIpc) is 2.47. The van der Waals surface area contributed by atoms with Gasteiger partial charge in [0.25, 0.3) is 0 Å². The largest absolute Gasteiger partial charge is 0.391 e. The zero-order valence-electron chi connectivity index (χ0n) is 8.99. The highest BCUT2D eigenvalue weighted by atomic mass is 16.6. The molecule has 0 aromatic carbocycles. The number of rotatable bonds is 1. The molecule has 2 atom stereocenters. The molecule has 0 aromatic rings. The summed E-state index contributed by atoms with van der Waals surface area (Å²) in [4.78, 5) is 24.2. The average molecular weight is 213 g/mol. The van der Waals surface area contributed by atoms with Gasteiger partial charge >= 0.3 is 11.9 Å². The third kappa shape index (κ3) is 1.77. The monoisotopic (exact) mass is 213 g/mol. The van der Waals surface area contributed by atoms with Gasteiger partial charge in [-0.2, -0.15) is 0 Å². The van der Waals surface area contributed by atoms with Gasteiger partial charge in [-0.15, -0.1) is 0 Å². The minimum Gasteiger partial charge on any atom is -0.391 e. The third-order valence-corrected chi connectivity index (χ3v) is 3.44. The quantitative estimate of drug-likeness (QED) is 0.451. The maximum atomic E-state index is 11.2. The van der Waals surface area contributed by atoms with Gasteiger partial charge in [0.15, 0.2) is 0 Å². The number of cyclic esters (lactones) is 2. The van der Waals surface area contributed by atoms with E-state index in [1.54, 1.807) is 0 Å². The van der Waals surface area contributed by atoms with Crippen LogP contribution in [0.4, 0.5) is 0 Å². The van der Waals surface area contributed by atoms with Crippen LogP contribution in [0.3, 0.4) is 0 Å². The molecule has 2 heterocycles. The second-order valence-electron chi connectivity index (χ2n) is 4.32. The van der Waals surface area contributed by atoms with Crippen LogP contribution in [0.15, 0.2) is 0 Å². The highest BCUT2D eigenvalue weighted by molar-refractivity contribution is 5.90. The fourth-order valence-corrected chi connectivity index (χ4v) is 2.16. The van der Waals surface area contributed by atoms with E-state index in [9.17, 15) is 9.59 Å². The molecule has 2 rings (SSSR count). The molecule has 2 aliphatic heterocycles. The molecule has 0 N–H and O–H groups in total. The molecule has 2 unspecified atom stereocenters. The number of hydrogen-bond donors (Lipinski definition) is 0. The van der Waals surface area contributed by atoms with Crippen molar-refractivity contribution in [1.82, 2.24) is 4.90 Å². The van der Waals surface area contributed by atoms with Crippen LogP contribution in [0.2, 0.25) is 0 Å². The smallest absolute Gasteiger partial charge is 0.327 e. The van der Waals surface area contributed by atoms with Crippen LogP contribution < -0.4 is 0 Å². The molecule has 2 aliphatic rings. The molecule has 2 fully saturated rings. The fourth-order valence-electron chi connectivity index (χ4n) is 2.16. The van der Waals surface area contributed by atoms with Gasteiger partial charge in [-0.05, 0) is 20.3 Å². The van der Waals surface area contributed by atoms with Gasteiger partial charge in [0.2, 0.25) is 0 Å². The van der Waals surface area contributed by atoms with Crippen molar-refractivity contribution in [2.24, 2.45) is 0 Å². The lowest BCUT2D eigenvalue weighted by Crippen LogP contribution is -2.57. The summed E-state index contributed by atoms with van der Waals surface area (Å²) in [6.45, 7) is 5.03. The fraction of sp³-hybridized carbons (Fsp3) is 0.800. The lowest BCUT2D eigenvalue weighted by molar-refractivity contribution is -0.170. The summed E-state index contributed by atoms with van der Waals surface area (Å²) in [5.41, 5.74) is -0.227. The highest BCUT2D eigenvalue weighted by Gasteiger charge is 2.45. The first-order valence-corrected chi connectivity index (χ1v) is 5.12. The maximum absolute atomic E-state index is 11.2. The number of esters is 2. The summed E-state index contributed by atoms with van der Waals surface area (Å²) < 4.78 is 9.98. The standard InChI is InChI=1S/C10H15NO4/c1-7-10(2,3-4-14-7)11-5-8(12)15-9(13)6-11/h7H,3-6H2,1-2H3. The van der Waals surface area contributed by atoms with Gasteiger partial charge in [-0.25, -0.2) is 0 Å². The second kappa shape index (κ2) is 3.57. The third-order valence-electron chi connectivity index (χ3n) is 3.44. The van der Waals surface area contributed by atoms with Crippen LogP contribution in [0.5, 0.6) is 0 Å². The number of carbonyl (C=O) groups excluding carboxylic acids is 2. The summed E-state index contributed by atoms with van der Waals surface area (Å²) in [6, 6.07) is 0. The van der Waals surface area contributed by atoms with Gasteiger partial charge in [0.05, 0.1) is 19.2 Å². The van der Waals surface area contributed by atoms with E-state index in [1.165, 1.54) is 0 Å². The zero-order chi connectivity index (χ0) is 11.1. The molecule has 0 aromatic heterocycles. The van der Waals surface area contributed by atoms with E-state index in [0.29, 0.717) is 6.61 Å². The van der Waals surface area contributed by atoms with Gasteiger partial charge < -0.3 is 9.47 Å². The topological polar surface area (TPSA) is 55.8 Å². The Morgan fingerprint density at radius 3 is 2.40 bits per heavy atom. The Morgan fingerprint density at radius 1 is 1.33 bits per heavy atom. The number of ether oxygens (including phenoxy) is 2. The SMILES string of the molecule is CC1OCCC1(C)N1CC(=O)OC(=O)C1. The Bertz CT molecular complexity index is 288. The molecule has 15 heavy (non-hydrogen) atoms. The first kappa shape index (κ1) is 10.6. The van der Waals surface area contributed by atoms with E-state index >= 15 is 0 Å². The molecule has 0 radical (unpaired) electrons. The van der Waals surface area contributed by atoms with Crippen LogP contribution in [-0.2, 0) is 19.1 Å². The van der Waals surface area contributed by atoms with E-state index in [1.807, 2.05) is 18.7 Å². The molecule has 84 valence electrons. The Morgan fingerprint density at radius 2 is 1.93 bits per heavy atom. The van der Waals surface area contributed by atoms with E-state index in [2.05, 4.69) is 4.74 Å². The van der Waals surface area contributed by atoms with Crippen LogP contribution in [0.1, 0.15) is 20.3 Å². The minimum atomic E-state index is -0.466. The van der Waals surface area contributed by atoms with E-state index in [-0.39, 0.29) is 24.7 Å².